The van der Waals surface area contributed by atoms with Gasteiger partial charge in [-0.3, -0.25) is 4.79 Å². The number of amides is 1. The number of ether oxygens (including phenoxy) is 2. The molecule has 7 heteroatoms. The molecule has 0 atom stereocenters. The summed E-state index contributed by atoms with van der Waals surface area (Å²) in [5.41, 5.74) is 3.46. The number of nitrogens with one attached hydrogen (secondary N) is 1. The van der Waals surface area contributed by atoms with Crippen LogP contribution in [0.5, 0.6) is 11.5 Å². The number of benzene rings is 2. The topological polar surface area (TPSA) is 59.9 Å². The molecule has 0 spiro atoms. The van der Waals surface area contributed by atoms with Gasteiger partial charge in [-0.1, -0.05) is 40.2 Å². The Kier molecular flexibility index (Phi) is 7.03. The Morgan fingerprint density at radius 2 is 2.08 bits per heavy atom. The van der Waals surface area contributed by atoms with E-state index < -0.39 is 5.91 Å². The van der Waals surface area contributed by atoms with Crippen molar-refractivity contribution in [3.63, 3.8) is 0 Å². The quantitative estimate of drug-likeness (QED) is 0.407. The molecule has 130 valence electrons. The van der Waals surface area contributed by atoms with Gasteiger partial charge in [0.15, 0.2) is 0 Å². The lowest BCUT2D eigenvalue weighted by Crippen LogP contribution is -2.18. The normalized spacial score (nSPS) is 10.5. The van der Waals surface area contributed by atoms with Gasteiger partial charge in [0.1, 0.15) is 18.1 Å². The minimum atomic E-state index is -0.398. The summed E-state index contributed by atoms with van der Waals surface area (Å²) in [6.45, 7) is 3.96. The summed E-state index contributed by atoms with van der Waals surface area (Å²) < 4.78 is 11.5. The highest BCUT2D eigenvalue weighted by atomic mass is 79.9. The molecule has 25 heavy (non-hydrogen) atoms. The van der Waals surface area contributed by atoms with Crippen LogP contribution in [0.1, 0.15) is 15.9 Å². The first-order chi connectivity index (χ1) is 12.0. The number of carbonyl (C=O) groups excluding carboxylic acids is 1. The first-order valence-corrected chi connectivity index (χ1v) is 8.42. The van der Waals surface area contributed by atoms with Gasteiger partial charge in [-0.2, -0.15) is 5.10 Å². The molecule has 0 saturated carbocycles. The zero-order valence-corrected chi connectivity index (χ0v) is 15.8. The molecule has 1 N–H and O–H groups in total. The number of hydrogen-bond acceptors (Lipinski definition) is 4. The van der Waals surface area contributed by atoms with Crippen molar-refractivity contribution >= 4 is 39.7 Å². The monoisotopic (exact) mass is 422 g/mol. The van der Waals surface area contributed by atoms with Crippen LogP contribution in [0.4, 0.5) is 0 Å². The van der Waals surface area contributed by atoms with E-state index in [0.29, 0.717) is 34.3 Å². The Labute approximate surface area is 159 Å². The Bertz CT molecular complexity index is 809. The molecule has 2 aromatic carbocycles. The number of rotatable bonds is 7. The number of hydrogen-bond donors (Lipinski definition) is 1. The van der Waals surface area contributed by atoms with Crippen LogP contribution >= 0.6 is 27.5 Å². The maximum absolute atomic E-state index is 12.3. The molecule has 1 amide bonds. The van der Waals surface area contributed by atoms with E-state index in [1.165, 1.54) is 13.3 Å². The second kappa shape index (κ2) is 9.25. The summed E-state index contributed by atoms with van der Waals surface area (Å²) in [6, 6.07) is 10.3. The molecule has 0 aromatic heterocycles. The summed E-state index contributed by atoms with van der Waals surface area (Å²) in [5, 5.41) is 4.51. The lowest BCUT2D eigenvalue weighted by atomic mass is 10.2. The van der Waals surface area contributed by atoms with Gasteiger partial charge in [0, 0.05) is 15.1 Å². The molecule has 2 rings (SSSR count). The van der Waals surface area contributed by atoms with E-state index >= 15 is 0 Å². The van der Waals surface area contributed by atoms with Crippen LogP contribution in [0.3, 0.4) is 0 Å². The fourth-order valence-electron chi connectivity index (χ4n) is 1.98. The maximum atomic E-state index is 12.3. The molecule has 0 aliphatic rings. The molecule has 0 unspecified atom stereocenters. The average Bonchev–Trinajstić information content (AvgIpc) is 2.61. The second-order valence-electron chi connectivity index (χ2n) is 4.83. The van der Waals surface area contributed by atoms with E-state index in [1.54, 1.807) is 42.5 Å². The van der Waals surface area contributed by atoms with Gasteiger partial charge < -0.3 is 9.47 Å². The first-order valence-electron chi connectivity index (χ1n) is 7.25. The Hall–Kier alpha value is -2.31. The van der Waals surface area contributed by atoms with E-state index in [4.69, 9.17) is 21.1 Å². The smallest absolute Gasteiger partial charge is 0.275 e. The highest BCUT2D eigenvalue weighted by Gasteiger charge is 2.12. The van der Waals surface area contributed by atoms with Crippen LogP contribution in [0.25, 0.3) is 0 Å². The zero-order chi connectivity index (χ0) is 18.2. The summed E-state index contributed by atoms with van der Waals surface area (Å²) in [4.78, 5) is 12.3. The highest BCUT2D eigenvalue weighted by Crippen LogP contribution is 2.23. The third kappa shape index (κ3) is 5.34. The third-order valence-electron chi connectivity index (χ3n) is 3.10. The van der Waals surface area contributed by atoms with Crippen molar-refractivity contribution in [2.75, 3.05) is 13.7 Å². The Morgan fingerprint density at radius 3 is 2.80 bits per heavy atom. The van der Waals surface area contributed by atoms with Gasteiger partial charge in [-0.25, -0.2) is 5.43 Å². The van der Waals surface area contributed by atoms with Gasteiger partial charge in [0.25, 0.3) is 5.91 Å². The van der Waals surface area contributed by atoms with Gasteiger partial charge in [0.05, 0.1) is 18.9 Å². The number of halogens is 2. The van der Waals surface area contributed by atoms with Crippen LogP contribution < -0.4 is 14.9 Å². The molecule has 2 aromatic rings. The number of nitrogens with zero attached hydrogens (tertiary/aromatic N) is 1. The molecule has 0 saturated heterocycles. The maximum Gasteiger partial charge on any atom is 0.275 e. The fourth-order valence-corrected chi connectivity index (χ4v) is 2.52. The molecule has 0 aliphatic carbocycles. The minimum absolute atomic E-state index is 0.351. The van der Waals surface area contributed by atoms with Crippen molar-refractivity contribution in [1.29, 1.82) is 0 Å². The molecular weight excluding hydrogens is 408 g/mol. The molecule has 0 heterocycles. The van der Waals surface area contributed by atoms with Crippen molar-refractivity contribution < 1.29 is 14.3 Å². The van der Waals surface area contributed by atoms with Crippen molar-refractivity contribution in [3.8, 4) is 11.5 Å². The highest BCUT2D eigenvalue weighted by molar-refractivity contribution is 9.10. The SMILES string of the molecule is C=CCOc1ccc(Cl)cc1/C=N\NC(=O)c1cc(Br)ccc1OC. The molecule has 0 fully saturated rings. The second-order valence-corrected chi connectivity index (χ2v) is 6.18. The summed E-state index contributed by atoms with van der Waals surface area (Å²) in [5.74, 6) is 0.640. The van der Waals surface area contributed by atoms with Crippen LogP contribution in [-0.2, 0) is 0 Å². The average molecular weight is 424 g/mol. The van der Waals surface area contributed by atoms with Gasteiger partial charge >= 0.3 is 0 Å². The van der Waals surface area contributed by atoms with Crippen molar-refractivity contribution in [3.05, 3.63) is 69.7 Å². The van der Waals surface area contributed by atoms with Crippen molar-refractivity contribution in [2.24, 2.45) is 5.10 Å². The van der Waals surface area contributed by atoms with Crippen LogP contribution in [-0.4, -0.2) is 25.8 Å². The summed E-state index contributed by atoms with van der Waals surface area (Å²) >= 11 is 9.33. The Balaban J connectivity index is 2.15. The largest absolute Gasteiger partial charge is 0.496 e. The van der Waals surface area contributed by atoms with E-state index in [-0.39, 0.29) is 0 Å². The van der Waals surface area contributed by atoms with E-state index in [2.05, 4.69) is 33.0 Å². The first kappa shape index (κ1) is 19.0. The lowest BCUT2D eigenvalue weighted by Gasteiger charge is -2.08. The summed E-state index contributed by atoms with van der Waals surface area (Å²) in [7, 11) is 1.50. The number of carbonyl (C=O) groups is 1. The van der Waals surface area contributed by atoms with E-state index in [9.17, 15) is 4.79 Å². The standard InChI is InChI=1S/C18H16BrClN2O3/c1-3-8-25-16-7-5-14(20)9-12(16)11-21-22-18(23)15-10-13(19)4-6-17(15)24-2/h3-7,9-11H,1,8H2,2H3,(H,22,23)/b21-11-. The van der Waals surface area contributed by atoms with Gasteiger partial charge in [-0.05, 0) is 36.4 Å². The van der Waals surface area contributed by atoms with Gasteiger partial charge in [-0.15, -0.1) is 0 Å². The summed E-state index contributed by atoms with van der Waals surface area (Å²) in [6.07, 6.45) is 3.10. The van der Waals surface area contributed by atoms with E-state index in [1.807, 2.05) is 0 Å². The lowest BCUT2D eigenvalue weighted by molar-refractivity contribution is 0.0952. The Morgan fingerprint density at radius 1 is 1.32 bits per heavy atom. The van der Waals surface area contributed by atoms with Crippen LogP contribution in [0.2, 0.25) is 5.02 Å². The predicted molar refractivity (Wildman–Crippen MR) is 103 cm³/mol. The fraction of sp³-hybridized carbons (Fsp3) is 0.111. The molecular formula is C18H16BrClN2O3. The number of methoxy groups -OCH3 is 1. The van der Waals surface area contributed by atoms with Crippen LogP contribution in [0, 0.1) is 0 Å². The third-order valence-corrected chi connectivity index (χ3v) is 3.83. The molecule has 5 nitrogen and oxygen atoms in total. The molecule has 0 bridgehead atoms. The minimum Gasteiger partial charge on any atom is -0.496 e. The van der Waals surface area contributed by atoms with Gasteiger partial charge in [0.2, 0.25) is 0 Å². The van der Waals surface area contributed by atoms with E-state index in [0.717, 1.165) is 4.47 Å². The molecule has 0 aliphatic heterocycles. The number of hydrazone groups is 1. The zero-order valence-electron chi connectivity index (χ0n) is 13.5. The van der Waals surface area contributed by atoms with Crippen LogP contribution in [0.15, 0.2) is 58.6 Å². The van der Waals surface area contributed by atoms with Crippen molar-refractivity contribution in [2.45, 2.75) is 0 Å². The van der Waals surface area contributed by atoms with Crippen molar-refractivity contribution in [1.82, 2.24) is 5.43 Å². The molecule has 0 radical (unpaired) electrons. The predicted octanol–water partition coefficient (Wildman–Crippen LogP) is 4.44.